The number of benzene rings is 1. The number of esters is 1. The molecule has 0 saturated heterocycles. The predicted octanol–water partition coefficient (Wildman–Crippen LogP) is 2.97. The highest BCUT2D eigenvalue weighted by atomic mass is 35.5. The molecule has 2 rings (SSSR count). The van der Waals surface area contributed by atoms with E-state index in [9.17, 15) is 10.1 Å². The molecule has 114 valence electrons. The quantitative estimate of drug-likeness (QED) is 0.683. The number of ether oxygens (including phenoxy) is 2. The summed E-state index contributed by atoms with van der Waals surface area (Å²) in [6, 6.07) is 11.1. The minimum absolute atomic E-state index is 0.0714. The van der Waals surface area contributed by atoms with Gasteiger partial charge in [-0.15, -0.1) is 11.6 Å². The van der Waals surface area contributed by atoms with Crippen LogP contribution in [0.3, 0.4) is 0 Å². The highest BCUT2D eigenvalue weighted by molar-refractivity contribution is 6.20. The van der Waals surface area contributed by atoms with E-state index in [1.165, 1.54) is 0 Å². The lowest BCUT2D eigenvalue weighted by atomic mass is 9.79. The van der Waals surface area contributed by atoms with E-state index in [4.69, 9.17) is 26.5 Å². The van der Waals surface area contributed by atoms with Crippen molar-refractivity contribution in [1.82, 2.24) is 0 Å². The molecule has 0 aliphatic carbocycles. The van der Waals surface area contributed by atoms with E-state index in [0.29, 0.717) is 0 Å². The smallest absolute Gasteiger partial charge is 0.338 e. The second-order valence-electron chi connectivity index (χ2n) is 4.65. The summed E-state index contributed by atoms with van der Waals surface area (Å²) >= 11 is 5.86. The second kappa shape index (κ2) is 7.10. The number of halogens is 1. The minimum Gasteiger partial charge on any atom is -0.463 e. The summed E-state index contributed by atoms with van der Waals surface area (Å²) in [7, 11) is 0. The zero-order valence-electron chi connectivity index (χ0n) is 12.0. The zero-order chi connectivity index (χ0) is 16.1. The largest absolute Gasteiger partial charge is 0.463 e. The number of rotatable bonds is 4. The van der Waals surface area contributed by atoms with Crippen LogP contribution in [0.25, 0.3) is 0 Å². The van der Waals surface area contributed by atoms with E-state index in [1.807, 2.05) is 24.3 Å². The van der Waals surface area contributed by atoms with Gasteiger partial charge in [-0.2, -0.15) is 5.26 Å². The lowest BCUT2D eigenvalue weighted by Gasteiger charge is -2.31. The van der Waals surface area contributed by atoms with Gasteiger partial charge in [0.15, 0.2) is 0 Å². The summed E-state index contributed by atoms with van der Waals surface area (Å²) in [5.41, 5.74) is 0.957. The number of allylic oxidation sites excluding steroid dienone is 1. The third-order valence-electron chi connectivity index (χ3n) is 3.37. The molecule has 0 aromatic heterocycles. The van der Waals surface area contributed by atoms with Gasteiger partial charge in [-0.25, -0.2) is 4.79 Å². The Morgan fingerprint density at radius 1 is 1.45 bits per heavy atom. The maximum atomic E-state index is 12.3. The molecule has 5 nitrogen and oxygen atoms in total. The van der Waals surface area contributed by atoms with Gasteiger partial charge in [-0.3, -0.25) is 5.41 Å². The Morgan fingerprint density at radius 3 is 2.68 bits per heavy atom. The van der Waals surface area contributed by atoms with Gasteiger partial charge in [0.1, 0.15) is 11.7 Å². The number of hydrogen-bond donors (Lipinski definition) is 1. The standard InChI is InChI=1S/C16H15ClN2O3/c1-2-21-16(20)14-12(8-17)22-15(19)11(9-18)13(14)10-6-4-3-5-7-10/h3-7,11,13,19H,2,8H2,1H3. The van der Waals surface area contributed by atoms with Crippen molar-refractivity contribution < 1.29 is 14.3 Å². The Balaban J connectivity index is 2.61. The van der Waals surface area contributed by atoms with Gasteiger partial charge in [-0.1, -0.05) is 30.3 Å². The van der Waals surface area contributed by atoms with Crippen molar-refractivity contribution in [2.75, 3.05) is 12.5 Å². The molecule has 1 heterocycles. The first kappa shape index (κ1) is 16.1. The SMILES string of the molecule is CCOC(=O)C1=C(CCl)OC(=N)C(C#N)C1c1ccccc1. The van der Waals surface area contributed by atoms with Gasteiger partial charge in [0.05, 0.1) is 24.1 Å². The van der Waals surface area contributed by atoms with Crippen molar-refractivity contribution in [3.05, 3.63) is 47.2 Å². The number of nitrogens with one attached hydrogen (secondary N) is 1. The predicted molar refractivity (Wildman–Crippen MR) is 81.5 cm³/mol. The molecule has 1 aliphatic heterocycles. The van der Waals surface area contributed by atoms with E-state index >= 15 is 0 Å². The zero-order valence-corrected chi connectivity index (χ0v) is 12.8. The van der Waals surface area contributed by atoms with Crippen molar-refractivity contribution in [2.24, 2.45) is 5.92 Å². The fourth-order valence-electron chi connectivity index (χ4n) is 2.44. The maximum Gasteiger partial charge on any atom is 0.338 e. The van der Waals surface area contributed by atoms with Crippen LogP contribution >= 0.6 is 11.6 Å². The van der Waals surface area contributed by atoms with E-state index in [1.54, 1.807) is 19.1 Å². The van der Waals surface area contributed by atoms with Gasteiger partial charge in [0.2, 0.25) is 5.90 Å². The topological polar surface area (TPSA) is 83.2 Å². The van der Waals surface area contributed by atoms with E-state index in [-0.39, 0.29) is 29.7 Å². The average Bonchev–Trinajstić information content (AvgIpc) is 2.54. The Labute approximate surface area is 133 Å². The molecular formula is C16H15ClN2O3. The third kappa shape index (κ3) is 2.97. The molecule has 1 aromatic rings. The van der Waals surface area contributed by atoms with Crippen LogP contribution in [0.15, 0.2) is 41.7 Å². The number of carbonyl (C=O) groups is 1. The molecule has 0 saturated carbocycles. The Morgan fingerprint density at radius 2 is 2.14 bits per heavy atom. The van der Waals surface area contributed by atoms with Crippen LogP contribution in [0.5, 0.6) is 0 Å². The van der Waals surface area contributed by atoms with Crippen LogP contribution in [0.4, 0.5) is 0 Å². The van der Waals surface area contributed by atoms with Crippen LogP contribution in [-0.2, 0) is 14.3 Å². The van der Waals surface area contributed by atoms with Gasteiger partial charge < -0.3 is 9.47 Å². The first-order chi connectivity index (χ1) is 10.6. The highest BCUT2D eigenvalue weighted by Gasteiger charge is 2.42. The van der Waals surface area contributed by atoms with E-state index < -0.39 is 17.8 Å². The van der Waals surface area contributed by atoms with Crippen LogP contribution in [0.2, 0.25) is 0 Å². The van der Waals surface area contributed by atoms with Crippen molar-refractivity contribution in [1.29, 1.82) is 10.7 Å². The highest BCUT2D eigenvalue weighted by Crippen LogP contribution is 2.39. The summed E-state index contributed by atoms with van der Waals surface area (Å²) in [4.78, 5) is 12.3. The number of hydrogen-bond acceptors (Lipinski definition) is 5. The summed E-state index contributed by atoms with van der Waals surface area (Å²) in [6.45, 7) is 1.90. The average molecular weight is 319 g/mol. The Hall–Kier alpha value is -2.32. The van der Waals surface area contributed by atoms with E-state index in [2.05, 4.69) is 0 Å². The molecule has 0 amide bonds. The fourth-order valence-corrected chi connectivity index (χ4v) is 2.64. The monoisotopic (exact) mass is 318 g/mol. The third-order valence-corrected chi connectivity index (χ3v) is 3.62. The maximum absolute atomic E-state index is 12.3. The molecule has 2 atom stereocenters. The molecule has 0 fully saturated rings. The number of nitriles is 1. The molecule has 6 heteroatoms. The molecule has 0 spiro atoms. The molecule has 1 aromatic carbocycles. The second-order valence-corrected chi connectivity index (χ2v) is 4.92. The van der Waals surface area contributed by atoms with Gasteiger partial charge in [0.25, 0.3) is 0 Å². The summed E-state index contributed by atoms with van der Waals surface area (Å²) in [6.07, 6.45) is 0. The van der Waals surface area contributed by atoms with Gasteiger partial charge >= 0.3 is 5.97 Å². The van der Waals surface area contributed by atoms with Crippen molar-refractivity contribution in [3.63, 3.8) is 0 Å². The van der Waals surface area contributed by atoms with Crippen LogP contribution in [-0.4, -0.2) is 24.4 Å². The summed E-state index contributed by atoms with van der Waals surface area (Å²) in [5, 5.41) is 17.3. The van der Waals surface area contributed by atoms with Crippen LogP contribution < -0.4 is 0 Å². The molecule has 2 unspecified atom stereocenters. The van der Waals surface area contributed by atoms with Crippen molar-refractivity contribution in [2.45, 2.75) is 12.8 Å². The van der Waals surface area contributed by atoms with Crippen LogP contribution in [0.1, 0.15) is 18.4 Å². The van der Waals surface area contributed by atoms with E-state index in [0.717, 1.165) is 5.56 Å². The molecule has 1 N–H and O–H groups in total. The first-order valence-electron chi connectivity index (χ1n) is 6.81. The van der Waals surface area contributed by atoms with Crippen LogP contribution in [0, 0.1) is 22.7 Å². The number of carbonyl (C=O) groups excluding carboxylic acids is 1. The first-order valence-corrected chi connectivity index (χ1v) is 7.34. The molecular weight excluding hydrogens is 304 g/mol. The minimum atomic E-state index is -0.895. The molecule has 0 bridgehead atoms. The fraction of sp³-hybridized carbons (Fsp3) is 0.312. The molecule has 0 radical (unpaired) electrons. The summed E-state index contributed by atoms with van der Waals surface area (Å²) < 4.78 is 10.4. The summed E-state index contributed by atoms with van der Waals surface area (Å²) in [5.74, 6) is -2.20. The molecule has 1 aliphatic rings. The Bertz CT molecular complexity index is 649. The van der Waals surface area contributed by atoms with Gasteiger partial charge in [-0.05, 0) is 12.5 Å². The van der Waals surface area contributed by atoms with Gasteiger partial charge in [0, 0.05) is 5.92 Å². The van der Waals surface area contributed by atoms with Crippen molar-refractivity contribution >= 4 is 23.5 Å². The number of nitrogens with zero attached hydrogens (tertiary/aromatic N) is 1. The normalized spacial score (nSPS) is 21.0. The lowest BCUT2D eigenvalue weighted by molar-refractivity contribution is -0.139. The lowest BCUT2D eigenvalue weighted by Crippen LogP contribution is -2.34. The Kier molecular flexibility index (Phi) is 5.18. The number of alkyl halides is 1. The van der Waals surface area contributed by atoms with Crippen molar-refractivity contribution in [3.8, 4) is 6.07 Å². The molecule has 22 heavy (non-hydrogen) atoms.